The SMILES string of the molecule is Cc1cc(Br)cc2[nH]c(-c3n[nH]c4ccccc34)nc12. The van der Waals surface area contributed by atoms with E-state index >= 15 is 0 Å². The van der Waals surface area contributed by atoms with Gasteiger partial charge in [0.05, 0.1) is 16.6 Å². The fraction of sp³-hybridized carbons (Fsp3) is 0.0667. The molecule has 0 unspecified atom stereocenters. The van der Waals surface area contributed by atoms with Crippen LogP contribution in [0.2, 0.25) is 0 Å². The number of aryl methyl sites for hydroxylation is 1. The lowest BCUT2D eigenvalue weighted by atomic mass is 10.2. The minimum atomic E-state index is 0.790. The first-order valence-corrected chi connectivity index (χ1v) is 7.11. The summed E-state index contributed by atoms with van der Waals surface area (Å²) in [4.78, 5) is 8.04. The number of hydrogen-bond donors (Lipinski definition) is 2. The molecule has 0 radical (unpaired) electrons. The second kappa shape index (κ2) is 4.18. The van der Waals surface area contributed by atoms with Crippen LogP contribution in [0, 0.1) is 6.92 Å². The van der Waals surface area contributed by atoms with E-state index in [2.05, 4.69) is 49.1 Å². The highest BCUT2D eigenvalue weighted by Crippen LogP contribution is 2.28. The first-order chi connectivity index (χ1) is 9.72. The zero-order valence-corrected chi connectivity index (χ0v) is 12.3. The number of rotatable bonds is 1. The summed E-state index contributed by atoms with van der Waals surface area (Å²) in [6, 6.07) is 12.2. The van der Waals surface area contributed by atoms with Crippen LogP contribution in [0.3, 0.4) is 0 Å². The number of imidazole rings is 1. The van der Waals surface area contributed by atoms with Crippen LogP contribution < -0.4 is 0 Å². The zero-order valence-electron chi connectivity index (χ0n) is 10.7. The van der Waals surface area contributed by atoms with Crippen molar-refractivity contribution in [3.63, 3.8) is 0 Å². The van der Waals surface area contributed by atoms with Crippen molar-refractivity contribution in [1.82, 2.24) is 20.2 Å². The molecule has 20 heavy (non-hydrogen) atoms. The monoisotopic (exact) mass is 326 g/mol. The molecule has 0 aliphatic carbocycles. The number of benzene rings is 2. The van der Waals surface area contributed by atoms with Crippen molar-refractivity contribution >= 4 is 37.9 Å². The number of aromatic amines is 2. The topological polar surface area (TPSA) is 57.4 Å². The third kappa shape index (κ3) is 1.67. The van der Waals surface area contributed by atoms with Gasteiger partial charge in [-0.2, -0.15) is 5.10 Å². The molecule has 2 aromatic heterocycles. The third-order valence-electron chi connectivity index (χ3n) is 3.44. The highest BCUT2D eigenvalue weighted by Gasteiger charge is 2.13. The maximum Gasteiger partial charge on any atom is 0.159 e. The van der Waals surface area contributed by atoms with E-state index in [-0.39, 0.29) is 0 Å². The molecule has 4 aromatic rings. The van der Waals surface area contributed by atoms with Gasteiger partial charge < -0.3 is 4.98 Å². The number of nitrogens with zero attached hydrogens (tertiary/aromatic N) is 2. The summed E-state index contributed by atoms with van der Waals surface area (Å²) in [6.45, 7) is 2.06. The molecule has 0 amide bonds. The Hall–Kier alpha value is -2.14. The summed E-state index contributed by atoms with van der Waals surface area (Å²) < 4.78 is 1.05. The molecule has 5 heteroatoms. The summed E-state index contributed by atoms with van der Waals surface area (Å²) in [5, 5.41) is 8.49. The summed E-state index contributed by atoms with van der Waals surface area (Å²) in [6.07, 6.45) is 0. The molecular weight excluding hydrogens is 316 g/mol. The fourth-order valence-corrected chi connectivity index (χ4v) is 3.07. The quantitative estimate of drug-likeness (QED) is 0.551. The van der Waals surface area contributed by atoms with Gasteiger partial charge in [-0.05, 0) is 30.7 Å². The molecule has 4 rings (SSSR count). The second-order valence-corrected chi connectivity index (χ2v) is 5.74. The van der Waals surface area contributed by atoms with Gasteiger partial charge in [-0.3, -0.25) is 5.10 Å². The van der Waals surface area contributed by atoms with Crippen molar-refractivity contribution in [1.29, 1.82) is 0 Å². The largest absolute Gasteiger partial charge is 0.337 e. The van der Waals surface area contributed by atoms with Gasteiger partial charge in [0, 0.05) is 9.86 Å². The van der Waals surface area contributed by atoms with Crippen LogP contribution in [-0.2, 0) is 0 Å². The number of nitrogens with one attached hydrogen (secondary N) is 2. The molecule has 0 saturated heterocycles. The van der Waals surface area contributed by atoms with E-state index in [1.807, 2.05) is 30.3 Å². The normalized spacial score (nSPS) is 11.5. The van der Waals surface area contributed by atoms with Crippen molar-refractivity contribution < 1.29 is 0 Å². The van der Waals surface area contributed by atoms with Crippen LogP contribution >= 0.6 is 15.9 Å². The Morgan fingerprint density at radius 1 is 1.10 bits per heavy atom. The zero-order chi connectivity index (χ0) is 13.7. The molecule has 2 heterocycles. The van der Waals surface area contributed by atoms with Gasteiger partial charge in [-0.25, -0.2) is 4.98 Å². The van der Waals surface area contributed by atoms with Crippen molar-refractivity contribution in [2.75, 3.05) is 0 Å². The van der Waals surface area contributed by atoms with Crippen LogP contribution in [0.5, 0.6) is 0 Å². The lowest BCUT2D eigenvalue weighted by Crippen LogP contribution is -1.81. The Morgan fingerprint density at radius 2 is 1.95 bits per heavy atom. The van der Waals surface area contributed by atoms with Gasteiger partial charge in [-0.1, -0.05) is 34.1 Å². The molecule has 0 fully saturated rings. The predicted molar refractivity (Wildman–Crippen MR) is 83.6 cm³/mol. The van der Waals surface area contributed by atoms with Crippen LogP contribution in [0.15, 0.2) is 40.9 Å². The molecule has 4 nitrogen and oxygen atoms in total. The minimum absolute atomic E-state index is 0.790. The Balaban J connectivity index is 2.01. The van der Waals surface area contributed by atoms with E-state index in [1.165, 1.54) is 0 Å². The Labute approximate surface area is 123 Å². The van der Waals surface area contributed by atoms with Gasteiger partial charge in [0.15, 0.2) is 5.82 Å². The molecule has 0 atom stereocenters. The molecule has 2 aromatic carbocycles. The van der Waals surface area contributed by atoms with E-state index in [0.717, 1.165) is 43.5 Å². The summed E-state index contributed by atoms with van der Waals surface area (Å²) in [7, 11) is 0. The van der Waals surface area contributed by atoms with E-state index in [4.69, 9.17) is 0 Å². The van der Waals surface area contributed by atoms with Gasteiger partial charge in [-0.15, -0.1) is 0 Å². The number of halogens is 1. The molecule has 98 valence electrons. The standard InChI is InChI=1S/C15H11BrN4/c1-8-6-9(16)7-12-13(8)18-15(17-12)14-10-4-2-3-5-11(10)19-20-14/h2-7H,1H3,(H,17,18)(H,19,20). The van der Waals surface area contributed by atoms with Crippen LogP contribution in [0.4, 0.5) is 0 Å². The fourth-order valence-electron chi connectivity index (χ4n) is 2.50. The Bertz CT molecular complexity index is 936. The van der Waals surface area contributed by atoms with Gasteiger partial charge in [0.1, 0.15) is 5.69 Å². The Kier molecular flexibility index (Phi) is 2.44. The van der Waals surface area contributed by atoms with Crippen LogP contribution in [0.1, 0.15) is 5.56 Å². The van der Waals surface area contributed by atoms with Crippen molar-refractivity contribution in [2.45, 2.75) is 6.92 Å². The summed E-state index contributed by atoms with van der Waals surface area (Å²) in [5.74, 6) is 0.790. The Morgan fingerprint density at radius 3 is 2.85 bits per heavy atom. The average molecular weight is 327 g/mol. The smallest absolute Gasteiger partial charge is 0.159 e. The van der Waals surface area contributed by atoms with Crippen molar-refractivity contribution in [2.24, 2.45) is 0 Å². The molecule has 0 spiro atoms. The lowest BCUT2D eigenvalue weighted by Gasteiger charge is -1.94. The lowest BCUT2D eigenvalue weighted by molar-refractivity contribution is 1.10. The van der Waals surface area contributed by atoms with Crippen LogP contribution in [-0.4, -0.2) is 20.2 Å². The first kappa shape index (κ1) is 11.7. The van der Waals surface area contributed by atoms with Gasteiger partial charge >= 0.3 is 0 Å². The van der Waals surface area contributed by atoms with E-state index < -0.39 is 0 Å². The molecule has 2 N–H and O–H groups in total. The highest BCUT2D eigenvalue weighted by molar-refractivity contribution is 9.10. The number of para-hydroxylation sites is 1. The number of aromatic nitrogens is 4. The van der Waals surface area contributed by atoms with Crippen molar-refractivity contribution in [3.05, 3.63) is 46.4 Å². The second-order valence-electron chi connectivity index (χ2n) is 4.82. The minimum Gasteiger partial charge on any atom is -0.337 e. The summed E-state index contributed by atoms with van der Waals surface area (Å²) in [5.41, 5.74) is 5.00. The average Bonchev–Trinajstić information content (AvgIpc) is 3.01. The predicted octanol–water partition coefficient (Wildman–Crippen LogP) is 4.18. The van der Waals surface area contributed by atoms with Gasteiger partial charge in [0.25, 0.3) is 0 Å². The molecule has 0 saturated carbocycles. The maximum absolute atomic E-state index is 4.69. The molecule has 0 bridgehead atoms. The number of H-pyrrole nitrogens is 2. The number of fused-ring (bicyclic) bond motifs is 2. The highest BCUT2D eigenvalue weighted by atomic mass is 79.9. The van der Waals surface area contributed by atoms with E-state index in [9.17, 15) is 0 Å². The van der Waals surface area contributed by atoms with E-state index in [0.29, 0.717) is 0 Å². The molecule has 0 aliphatic rings. The van der Waals surface area contributed by atoms with Gasteiger partial charge in [0.2, 0.25) is 0 Å². The van der Waals surface area contributed by atoms with Crippen molar-refractivity contribution in [3.8, 4) is 11.5 Å². The maximum atomic E-state index is 4.69. The summed E-state index contributed by atoms with van der Waals surface area (Å²) >= 11 is 3.51. The van der Waals surface area contributed by atoms with E-state index in [1.54, 1.807) is 0 Å². The molecule has 0 aliphatic heterocycles. The number of hydrogen-bond acceptors (Lipinski definition) is 2. The first-order valence-electron chi connectivity index (χ1n) is 6.32. The molecular formula is C15H11BrN4. The third-order valence-corrected chi connectivity index (χ3v) is 3.89. The van der Waals surface area contributed by atoms with Crippen LogP contribution in [0.25, 0.3) is 33.5 Å².